The molecule has 0 fully saturated rings. The summed E-state index contributed by atoms with van der Waals surface area (Å²) in [5.41, 5.74) is 3.79. The zero-order chi connectivity index (χ0) is 21.4. The molecular weight excluding hydrogens is 416 g/mol. The van der Waals surface area contributed by atoms with Gasteiger partial charge in [-0.3, -0.25) is 4.79 Å². The van der Waals surface area contributed by atoms with Gasteiger partial charge < -0.3 is 15.8 Å². The van der Waals surface area contributed by atoms with Crippen LogP contribution in [0.4, 0.5) is 23.2 Å². The lowest BCUT2D eigenvalue weighted by molar-refractivity contribution is -0.208. The molecule has 0 radical (unpaired) electrons. The number of aromatic nitrogens is 1. The van der Waals surface area contributed by atoms with E-state index in [9.17, 15) is 22.4 Å². The van der Waals surface area contributed by atoms with E-state index in [4.69, 9.17) is 17.3 Å². The summed E-state index contributed by atoms with van der Waals surface area (Å²) in [4.78, 5) is 20.0. The number of benzene rings is 1. The highest BCUT2D eigenvalue weighted by atomic mass is 35.5. The second-order valence-corrected chi connectivity index (χ2v) is 7.02. The van der Waals surface area contributed by atoms with Crippen molar-refractivity contribution in [1.82, 2.24) is 4.98 Å². The van der Waals surface area contributed by atoms with E-state index in [1.165, 1.54) is 37.4 Å². The fourth-order valence-electron chi connectivity index (χ4n) is 2.94. The number of nitrogens with two attached hydrogens (primary N) is 1. The molecule has 0 saturated heterocycles. The van der Waals surface area contributed by atoms with Crippen molar-refractivity contribution in [2.45, 2.75) is 31.2 Å². The molecule has 3 rings (SSSR count). The monoisotopic (exact) mass is 430 g/mol. The summed E-state index contributed by atoms with van der Waals surface area (Å²) in [6.07, 6.45) is -6.33. The van der Waals surface area contributed by atoms with Crippen molar-refractivity contribution in [1.29, 1.82) is 0 Å². The van der Waals surface area contributed by atoms with Crippen molar-refractivity contribution in [3.05, 3.63) is 58.6 Å². The summed E-state index contributed by atoms with van der Waals surface area (Å²) in [6.45, 7) is 1.31. The van der Waals surface area contributed by atoms with Crippen LogP contribution >= 0.6 is 11.6 Å². The minimum Gasteiger partial charge on any atom is -0.452 e. The third-order valence-electron chi connectivity index (χ3n) is 4.33. The van der Waals surface area contributed by atoms with Crippen LogP contribution in [0, 0.1) is 5.82 Å². The number of amides is 1. The number of anilines is 1. The van der Waals surface area contributed by atoms with Crippen molar-refractivity contribution >= 4 is 29.2 Å². The maximum absolute atomic E-state index is 14.5. The van der Waals surface area contributed by atoms with Gasteiger partial charge in [-0.2, -0.15) is 13.2 Å². The number of ether oxygens (including phenoxy) is 1. The zero-order valence-electron chi connectivity index (χ0n) is 14.9. The van der Waals surface area contributed by atoms with Crippen LogP contribution in [-0.2, 0) is 10.3 Å². The molecule has 29 heavy (non-hydrogen) atoms. The molecule has 1 aromatic heterocycles. The molecule has 154 valence electrons. The van der Waals surface area contributed by atoms with E-state index in [-0.39, 0.29) is 16.9 Å². The molecule has 3 N–H and O–H groups in total. The molecule has 2 aromatic rings. The number of aliphatic imine (C=N–C) groups is 1. The van der Waals surface area contributed by atoms with Gasteiger partial charge in [-0.05, 0) is 37.3 Å². The van der Waals surface area contributed by atoms with Crippen molar-refractivity contribution in [2.75, 3.05) is 5.32 Å². The topological polar surface area (TPSA) is 89.6 Å². The number of halogens is 5. The van der Waals surface area contributed by atoms with Gasteiger partial charge in [0.1, 0.15) is 11.5 Å². The molecule has 0 aliphatic carbocycles. The van der Waals surface area contributed by atoms with E-state index in [0.717, 1.165) is 6.07 Å². The first-order valence-electron chi connectivity index (χ1n) is 8.29. The van der Waals surface area contributed by atoms with E-state index in [1.54, 1.807) is 0 Å². The molecule has 1 aromatic carbocycles. The van der Waals surface area contributed by atoms with E-state index in [1.807, 2.05) is 0 Å². The van der Waals surface area contributed by atoms with Crippen LogP contribution in [0.1, 0.15) is 29.4 Å². The number of amidine groups is 1. The molecule has 2 heterocycles. The highest BCUT2D eigenvalue weighted by Gasteiger charge is 2.50. The zero-order valence-corrected chi connectivity index (χ0v) is 15.7. The first kappa shape index (κ1) is 20.8. The predicted molar refractivity (Wildman–Crippen MR) is 98.1 cm³/mol. The molecular formula is C18H15ClF4N4O2. The Morgan fingerprint density at radius 1 is 1.34 bits per heavy atom. The first-order valence-corrected chi connectivity index (χ1v) is 8.67. The number of nitrogens with zero attached hydrogens (tertiary/aromatic N) is 2. The van der Waals surface area contributed by atoms with Crippen molar-refractivity contribution in [3.63, 3.8) is 0 Å². The van der Waals surface area contributed by atoms with Gasteiger partial charge in [0.15, 0.2) is 6.10 Å². The lowest BCUT2D eigenvalue weighted by Crippen LogP contribution is -2.46. The van der Waals surface area contributed by atoms with Gasteiger partial charge in [-0.15, -0.1) is 0 Å². The number of nitrogens with one attached hydrogen (secondary N) is 1. The van der Waals surface area contributed by atoms with E-state index in [2.05, 4.69) is 20.0 Å². The van der Waals surface area contributed by atoms with Gasteiger partial charge >= 0.3 is 6.18 Å². The summed E-state index contributed by atoms with van der Waals surface area (Å²) < 4.78 is 58.5. The van der Waals surface area contributed by atoms with Gasteiger partial charge in [0, 0.05) is 23.9 Å². The maximum Gasteiger partial charge on any atom is 0.425 e. The van der Waals surface area contributed by atoms with Gasteiger partial charge in [0.05, 0.1) is 10.6 Å². The number of carbonyl (C=O) groups excluding carboxylic acids is 1. The SMILES string of the molecule is C[C@@]1(c2cc(NC(=O)c3ccc(Cl)cn3)ccc2F)C[C@H](C(F)(F)F)OC(N)=N1. The molecule has 2 atom stereocenters. The van der Waals surface area contributed by atoms with Gasteiger partial charge in [-0.25, -0.2) is 14.4 Å². The summed E-state index contributed by atoms with van der Waals surface area (Å²) >= 11 is 5.72. The minimum absolute atomic E-state index is 0.0527. The van der Waals surface area contributed by atoms with E-state index < -0.39 is 42.0 Å². The Balaban J connectivity index is 1.91. The van der Waals surface area contributed by atoms with Crippen molar-refractivity contribution in [3.8, 4) is 0 Å². The number of alkyl halides is 3. The van der Waals surface area contributed by atoms with Crippen LogP contribution in [-0.4, -0.2) is 29.2 Å². The van der Waals surface area contributed by atoms with Crippen LogP contribution in [0.5, 0.6) is 0 Å². The number of carbonyl (C=O) groups is 1. The summed E-state index contributed by atoms with van der Waals surface area (Å²) in [7, 11) is 0. The fraction of sp³-hybridized carbons (Fsp3) is 0.278. The standard InChI is InChI=1S/C18H15ClF4N4O2/c1-17(7-14(18(21,22)23)29-16(24)27-17)11-6-10(3-4-12(11)20)26-15(28)13-5-2-9(19)8-25-13/h2-6,8,14H,7H2,1H3,(H2,24,27)(H,26,28)/t14-,17+/m1/s1. The molecule has 0 unspecified atom stereocenters. The lowest BCUT2D eigenvalue weighted by atomic mass is 9.85. The average Bonchev–Trinajstić information content (AvgIpc) is 2.62. The van der Waals surface area contributed by atoms with Crippen molar-refractivity contribution < 1.29 is 27.1 Å². The Labute approximate surface area is 167 Å². The third-order valence-corrected chi connectivity index (χ3v) is 4.56. The van der Waals surface area contributed by atoms with E-state index >= 15 is 0 Å². The van der Waals surface area contributed by atoms with Crippen LogP contribution < -0.4 is 11.1 Å². The molecule has 0 spiro atoms. The Morgan fingerprint density at radius 2 is 2.07 bits per heavy atom. The summed E-state index contributed by atoms with van der Waals surface area (Å²) in [5.74, 6) is -1.40. The molecule has 11 heteroatoms. The largest absolute Gasteiger partial charge is 0.452 e. The average molecular weight is 431 g/mol. The smallest absolute Gasteiger partial charge is 0.425 e. The maximum atomic E-state index is 14.5. The first-order chi connectivity index (χ1) is 13.5. The van der Waals surface area contributed by atoms with Crippen LogP contribution in [0.15, 0.2) is 41.5 Å². The number of pyridine rings is 1. The highest BCUT2D eigenvalue weighted by molar-refractivity contribution is 6.30. The second kappa shape index (κ2) is 7.51. The second-order valence-electron chi connectivity index (χ2n) is 6.59. The number of rotatable bonds is 3. The summed E-state index contributed by atoms with van der Waals surface area (Å²) in [5, 5.41) is 2.85. The Kier molecular flexibility index (Phi) is 5.40. The van der Waals surface area contributed by atoms with Crippen molar-refractivity contribution in [2.24, 2.45) is 10.7 Å². The van der Waals surface area contributed by atoms with Crippen LogP contribution in [0.25, 0.3) is 0 Å². The van der Waals surface area contributed by atoms with Crippen LogP contribution in [0.2, 0.25) is 5.02 Å². The normalized spacial score (nSPS) is 21.9. The molecule has 1 aliphatic heterocycles. The third kappa shape index (κ3) is 4.58. The van der Waals surface area contributed by atoms with Gasteiger partial charge in [-0.1, -0.05) is 11.6 Å². The molecule has 1 aliphatic rings. The van der Waals surface area contributed by atoms with E-state index in [0.29, 0.717) is 5.02 Å². The predicted octanol–water partition coefficient (Wildman–Crippen LogP) is 4.01. The number of hydrogen-bond acceptors (Lipinski definition) is 5. The van der Waals surface area contributed by atoms with Gasteiger partial charge in [0.2, 0.25) is 0 Å². The minimum atomic E-state index is -4.70. The Hall–Kier alpha value is -2.88. The molecule has 1 amide bonds. The van der Waals surface area contributed by atoms with Crippen LogP contribution in [0.3, 0.4) is 0 Å². The highest BCUT2D eigenvalue weighted by Crippen LogP contribution is 2.41. The lowest BCUT2D eigenvalue weighted by Gasteiger charge is -2.36. The molecule has 0 bridgehead atoms. The Bertz CT molecular complexity index is 965. The number of hydrogen-bond donors (Lipinski definition) is 2. The summed E-state index contributed by atoms with van der Waals surface area (Å²) in [6, 6.07) is 5.66. The Morgan fingerprint density at radius 3 is 2.69 bits per heavy atom. The fourth-order valence-corrected chi connectivity index (χ4v) is 3.05. The molecule has 6 nitrogen and oxygen atoms in total. The van der Waals surface area contributed by atoms with Gasteiger partial charge in [0.25, 0.3) is 11.9 Å². The molecule has 0 saturated carbocycles. The quantitative estimate of drug-likeness (QED) is 0.720.